The summed E-state index contributed by atoms with van der Waals surface area (Å²) >= 11 is 0. The number of hydrogen-bond donors (Lipinski definition) is 3. The Bertz CT molecular complexity index is 1700. The maximum absolute atomic E-state index is 14.7. The molecule has 3 aliphatic rings. The molecule has 84 heavy (non-hydrogen) atoms. The molecule has 1 aromatic carbocycles. The van der Waals surface area contributed by atoms with Gasteiger partial charge in [0.05, 0.1) is 19.8 Å². The van der Waals surface area contributed by atoms with Crippen LogP contribution in [0.5, 0.6) is 0 Å². The summed E-state index contributed by atoms with van der Waals surface area (Å²) in [6.07, 6.45) is 51.8. The van der Waals surface area contributed by atoms with Crippen molar-refractivity contribution in [2.24, 2.45) is 17.8 Å². The van der Waals surface area contributed by atoms with E-state index in [2.05, 4.69) is 36.7 Å². The zero-order valence-electron chi connectivity index (χ0n) is 53.9. The molecule has 0 aliphatic heterocycles. The molecule has 4 rings (SSSR count). The molecular formula is C72H123N3O9. The van der Waals surface area contributed by atoms with Gasteiger partial charge in [-0.2, -0.15) is 0 Å². The van der Waals surface area contributed by atoms with Gasteiger partial charge in [-0.1, -0.05) is 290 Å². The van der Waals surface area contributed by atoms with Gasteiger partial charge < -0.3 is 30.2 Å². The molecule has 3 saturated carbocycles. The zero-order chi connectivity index (χ0) is 60.1. The van der Waals surface area contributed by atoms with E-state index in [1.165, 1.54) is 153 Å². The number of carbonyl (C=O) groups is 6. The van der Waals surface area contributed by atoms with Crippen LogP contribution in [0, 0.1) is 17.8 Å². The highest BCUT2D eigenvalue weighted by Gasteiger charge is 2.32. The molecule has 0 bridgehead atoms. The highest BCUT2D eigenvalue weighted by molar-refractivity contribution is 6.06. The fourth-order valence-corrected chi connectivity index (χ4v) is 13.2. The second-order valence-electron chi connectivity index (χ2n) is 26.1. The largest absolute Gasteiger partial charge is 0.464 e. The SMILES string of the molecule is CCCCCCCCCCCCOC(=O)[C@H](CC1CCCCC1)NC(=O)c1cc(C(=O)N[C@@H](CC2CCCCC2)C(=O)OCCCCCCCCCCCC)cc(C(=O)N[C@@H](CC2CCCCC2)C(=O)OCCCCCCCCCCCC)c1. The fourth-order valence-electron chi connectivity index (χ4n) is 13.2. The lowest BCUT2D eigenvalue weighted by molar-refractivity contribution is -0.147. The average molecular weight is 1170 g/mol. The normalized spacial score (nSPS) is 16.3. The van der Waals surface area contributed by atoms with Crippen LogP contribution in [0.15, 0.2) is 18.2 Å². The van der Waals surface area contributed by atoms with Crippen LogP contribution in [0.2, 0.25) is 0 Å². The van der Waals surface area contributed by atoms with E-state index in [9.17, 15) is 28.8 Å². The van der Waals surface area contributed by atoms with Crippen LogP contribution in [0.3, 0.4) is 0 Å². The summed E-state index contributed by atoms with van der Waals surface area (Å²) in [6, 6.07) is 1.57. The van der Waals surface area contributed by atoms with Gasteiger partial charge in [-0.05, 0) is 74.5 Å². The highest BCUT2D eigenvalue weighted by atomic mass is 16.5. The topological polar surface area (TPSA) is 166 Å². The third-order valence-corrected chi connectivity index (χ3v) is 18.6. The van der Waals surface area contributed by atoms with Gasteiger partial charge >= 0.3 is 17.9 Å². The first-order valence-electron chi connectivity index (χ1n) is 35.7. The van der Waals surface area contributed by atoms with Gasteiger partial charge in [-0.25, -0.2) is 14.4 Å². The molecule has 0 unspecified atom stereocenters. The Labute approximate surface area is 511 Å². The Morgan fingerprint density at radius 1 is 0.321 bits per heavy atom. The Morgan fingerprint density at radius 2 is 0.524 bits per heavy atom. The summed E-state index contributed by atoms with van der Waals surface area (Å²) in [5.74, 6) is -2.53. The van der Waals surface area contributed by atoms with Crippen LogP contribution in [0.4, 0.5) is 0 Å². The fraction of sp³-hybridized carbons (Fsp3) is 0.833. The second-order valence-corrected chi connectivity index (χ2v) is 26.1. The van der Waals surface area contributed by atoms with Crippen LogP contribution < -0.4 is 16.0 Å². The molecule has 3 atom stereocenters. The molecule has 3 fully saturated rings. The van der Waals surface area contributed by atoms with E-state index in [-0.39, 0.29) is 54.3 Å². The van der Waals surface area contributed by atoms with Crippen LogP contribution in [-0.2, 0) is 28.6 Å². The molecule has 3 N–H and O–H groups in total. The summed E-state index contributed by atoms with van der Waals surface area (Å²) in [5.41, 5.74) is 0.0519. The summed E-state index contributed by atoms with van der Waals surface area (Å²) < 4.78 is 17.7. The minimum atomic E-state index is -0.922. The molecule has 0 radical (unpaired) electrons. The van der Waals surface area contributed by atoms with E-state index in [4.69, 9.17) is 14.2 Å². The van der Waals surface area contributed by atoms with Crippen molar-refractivity contribution in [1.82, 2.24) is 16.0 Å². The predicted octanol–water partition coefficient (Wildman–Crippen LogP) is 18.3. The van der Waals surface area contributed by atoms with Gasteiger partial charge in [0.2, 0.25) is 0 Å². The minimum Gasteiger partial charge on any atom is -0.464 e. The first-order valence-corrected chi connectivity index (χ1v) is 35.7. The molecule has 12 nitrogen and oxygen atoms in total. The van der Waals surface area contributed by atoms with E-state index < -0.39 is 53.8 Å². The van der Waals surface area contributed by atoms with Gasteiger partial charge in [0.1, 0.15) is 18.1 Å². The van der Waals surface area contributed by atoms with Gasteiger partial charge in [-0.3, -0.25) is 14.4 Å². The molecular weight excluding hydrogens is 1050 g/mol. The number of unbranched alkanes of at least 4 members (excludes halogenated alkanes) is 27. The summed E-state index contributed by atoms with van der Waals surface area (Å²) in [7, 11) is 0. The Balaban J connectivity index is 1.54. The number of esters is 3. The van der Waals surface area contributed by atoms with Crippen molar-refractivity contribution in [3.8, 4) is 0 Å². The number of nitrogens with one attached hydrogen (secondary N) is 3. The number of hydrogen-bond acceptors (Lipinski definition) is 9. The van der Waals surface area contributed by atoms with Crippen LogP contribution in [0.1, 0.15) is 360 Å². The Kier molecular flexibility index (Phi) is 40.7. The van der Waals surface area contributed by atoms with E-state index in [1.807, 2.05) is 0 Å². The quantitative estimate of drug-likeness (QED) is 0.0327. The maximum Gasteiger partial charge on any atom is 0.328 e. The monoisotopic (exact) mass is 1170 g/mol. The van der Waals surface area contributed by atoms with Crippen molar-refractivity contribution < 1.29 is 43.0 Å². The van der Waals surface area contributed by atoms with E-state index in [0.717, 1.165) is 154 Å². The van der Waals surface area contributed by atoms with Crippen molar-refractivity contribution in [2.75, 3.05) is 19.8 Å². The molecule has 480 valence electrons. The first kappa shape index (κ1) is 72.5. The number of ether oxygens (including phenoxy) is 3. The molecule has 12 heteroatoms. The summed E-state index contributed by atoms with van der Waals surface area (Å²) in [5, 5.41) is 9.04. The lowest BCUT2D eigenvalue weighted by Gasteiger charge is -2.27. The van der Waals surface area contributed by atoms with Gasteiger partial charge in [0, 0.05) is 16.7 Å². The van der Waals surface area contributed by atoms with Crippen molar-refractivity contribution >= 4 is 35.6 Å². The first-order chi connectivity index (χ1) is 41.1. The van der Waals surface area contributed by atoms with E-state index >= 15 is 0 Å². The van der Waals surface area contributed by atoms with Crippen LogP contribution in [-0.4, -0.2) is 73.6 Å². The number of rotatable bonds is 48. The predicted molar refractivity (Wildman–Crippen MR) is 342 cm³/mol. The Morgan fingerprint density at radius 3 is 0.738 bits per heavy atom. The van der Waals surface area contributed by atoms with Crippen molar-refractivity contribution in [1.29, 1.82) is 0 Å². The molecule has 3 aliphatic carbocycles. The Hall–Kier alpha value is -3.96. The lowest BCUT2D eigenvalue weighted by atomic mass is 9.84. The minimum absolute atomic E-state index is 0.0173. The van der Waals surface area contributed by atoms with Crippen molar-refractivity contribution in [3.05, 3.63) is 34.9 Å². The van der Waals surface area contributed by atoms with Crippen molar-refractivity contribution in [2.45, 2.75) is 347 Å². The van der Waals surface area contributed by atoms with E-state index in [0.29, 0.717) is 19.3 Å². The maximum atomic E-state index is 14.7. The number of benzene rings is 1. The lowest BCUT2D eigenvalue weighted by Crippen LogP contribution is -2.45. The highest BCUT2D eigenvalue weighted by Crippen LogP contribution is 2.31. The zero-order valence-corrected chi connectivity index (χ0v) is 53.9. The molecule has 0 heterocycles. The van der Waals surface area contributed by atoms with Gasteiger partial charge in [0.25, 0.3) is 17.7 Å². The molecule has 1 aromatic rings. The molecule has 0 saturated heterocycles. The van der Waals surface area contributed by atoms with E-state index in [1.54, 1.807) is 0 Å². The van der Waals surface area contributed by atoms with Crippen molar-refractivity contribution in [3.63, 3.8) is 0 Å². The number of carbonyl (C=O) groups excluding carboxylic acids is 6. The molecule has 0 aromatic heterocycles. The second kappa shape index (κ2) is 47.2. The van der Waals surface area contributed by atoms with Gasteiger partial charge in [-0.15, -0.1) is 0 Å². The van der Waals surface area contributed by atoms with Gasteiger partial charge in [0.15, 0.2) is 0 Å². The van der Waals surface area contributed by atoms with Crippen LogP contribution >= 0.6 is 0 Å². The summed E-state index contributed by atoms with van der Waals surface area (Å²) in [4.78, 5) is 86.3. The average Bonchev–Trinajstić information content (AvgIpc) is 3.51. The van der Waals surface area contributed by atoms with Crippen LogP contribution in [0.25, 0.3) is 0 Å². The third-order valence-electron chi connectivity index (χ3n) is 18.6. The number of amides is 3. The molecule has 3 amide bonds. The third kappa shape index (κ3) is 32.7. The summed E-state index contributed by atoms with van der Waals surface area (Å²) in [6.45, 7) is 7.55. The standard InChI is InChI=1S/C72H123N3O9/c1-4-7-10-13-16-19-22-25-28-40-49-82-70(79)64(52-58-43-34-31-35-44-58)73-67(76)61-55-62(68(77)74-65(53-59-45-36-32-37-46-59)71(80)83-50-41-29-26-23-20-17-14-11-8-5-2)57-63(56-61)69(78)75-66(54-60-47-38-33-39-48-60)72(81)84-51-42-30-27-24-21-18-15-12-9-6-3/h55-60,64-66H,4-54H2,1-3H3,(H,73,76)(H,74,77)(H,75,78)/t64-,65-,66-/m0/s1. The smallest absolute Gasteiger partial charge is 0.328 e. The molecule has 0 spiro atoms.